The van der Waals surface area contributed by atoms with Gasteiger partial charge in [-0.3, -0.25) is 4.79 Å². The normalized spacial score (nSPS) is 13.6. The lowest BCUT2D eigenvalue weighted by molar-refractivity contribution is -0.131. The highest BCUT2D eigenvalue weighted by atomic mass is 19.1. The van der Waals surface area contributed by atoms with E-state index in [0.29, 0.717) is 18.8 Å². The molecule has 1 heterocycles. The molecule has 0 saturated heterocycles. The molecule has 6 nitrogen and oxygen atoms in total. The number of tetrazole rings is 1. The van der Waals surface area contributed by atoms with Crippen LogP contribution < -0.4 is 0 Å². The number of benzene rings is 1. The van der Waals surface area contributed by atoms with Gasteiger partial charge in [0.25, 0.3) is 0 Å². The van der Waals surface area contributed by atoms with Gasteiger partial charge in [-0.05, 0) is 24.1 Å². The smallest absolute Gasteiger partial charge is 0.229 e. The van der Waals surface area contributed by atoms with Crippen LogP contribution in [-0.4, -0.2) is 45.0 Å². The molecule has 0 radical (unpaired) electrons. The van der Waals surface area contributed by atoms with Gasteiger partial charge < -0.3 is 4.90 Å². The van der Waals surface area contributed by atoms with Gasteiger partial charge in [-0.15, -0.1) is 10.2 Å². The molecule has 22 heavy (non-hydrogen) atoms. The van der Waals surface area contributed by atoms with Gasteiger partial charge >= 0.3 is 0 Å². The second-order valence-corrected chi connectivity index (χ2v) is 5.40. The first kappa shape index (κ1) is 16.1. The average molecular weight is 305 g/mol. The van der Waals surface area contributed by atoms with E-state index >= 15 is 0 Å². The lowest BCUT2D eigenvalue weighted by Gasteiger charge is -2.25. The molecule has 0 fully saturated rings. The second kappa shape index (κ2) is 7.11. The van der Waals surface area contributed by atoms with Gasteiger partial charge in [0.05, 0.1) is 5.92 Å². The fourth-order valence-corrected chi connectivity index (χ4v) is 2.47. The number of halogens is 1. The third-order valence-corrected chi connectivity index (χ3v) is 3.71. The second-order valence-electron chi connectivity index (χ2n) is 5.40. The topological polar surface area (TPSA) is 74.8 Å². The Bertz CT molecular complexity index is 599. The molecule has 0 saturated carbocycles. The summed E-state index contributed by atoms with van der Waals surface area (Å²) in [6.07, 6.45) is 0.658. The van der Waals surface area contributed by atoms with Crippen molar-refractivity contribution in [2.45, 2.75) is 32.1 Å². The van der Waals surface area contributed by atoms with E-state index in [0.717, 1.165) is 5.56 Å². The first-order valence-corrected chi connectivity index (χ1v) is 7.26. The van der Waals surface area contributed by atoms with Crippen LogP contribution in [0.25, 0.3) is 0 Å². The summed E-state index contributed by atoms with van der Waals surface area (Å²) >= 11 is 0. The number of aromatic amines is 1. The number of aromatic nitrogens is 4. The van der Waals surface area contributed by atoms with Crippen molar-refractivity contribution in [3.8, 4) is 0 Å². The number of likely N-dealkylation sites (N-methyl/N-ethyl adjacent to an activating group) is 1. The van der Waals surface area contributed by atoms with Crippen molar-refractivity contribution >= 4 is 5.91 Å². The minimum atomic E-state index is -0.301. The zero-order chi connectivity index (χ0) is 16.1. The van der Waals surface area contributed by atoms with Crippen molar-refractivity contribution in [1.82, 2.24) is 25.5 Å². The number of amides is 1. The van der Waals surface area contributed by atoms with E-state index in [4.69, 9.17) is 0 Å². The van der Waals surface area contributed by atoms with Crippen molar-refractivity contribution in [3.05, 3.63) is 41.5 Å². The minimum absolute atomic E-state index is 0.00412. The zero-order valence-electron chi connectivity index (χ0n) is 13.0. The van der Waals surface area contributed by atoms with Crippen molar-refractivity contribution in [1.29, 1.82) is 0 Å². The molecule has 118 valence electrons. The molecular weight excluding hydrogens is 285 g/mol. The van der Waals surface area contributed by atoms with Crippen molar-refractivity contribution in [3.63, 3.8) is 0 Å². The Kier molecular flexibility index (Phi) is 5.19. The molecule has 2 aromatic rings. The number of carbonyl (C=O) groups is 1. The van der Waals surface area contributed by atoms with Gasteiger partial charge in [-0.2, -0.15) is 5.21 Å². The van der Waals surface area contributed by atoms with Crippen LogP contribution in [0.3, 0.4) is 0 Å². The van der Waals surface area contributed by atoms with Crippen LogP contribution in [0.15, 0.2) is 24.3 Å². The molecular formula is C15H20FN5O. The van der Waals surface area contributed by atoms with E-state index in [1.807, 2.05) is 13.8 Å². The summed E-state index contributed by atoms with van der Waals surface area (Å²) in [5.41, 5.74) is 0.827. The van der Waals surface area contributed by atoms with Crippen LogP contribution in [0.1, 0.15) is 43.5 Å². The Labute approximate surface area is 128 Å². The van der Waals surface area contributed by atoms with Crippen LogP contribution in [0.2, 0.25) is 0 Å². The Morgan fingerprint density at radius 3 is 2.59 bits per heavy atom. The molecule has 1 amide bonds. The number of nitrogens with zero attached hydrogens (tertiary/aromatic N) is 4. The maximum absolute atomic E-state index is 13.0. The quantitative estimate of drug-likeness (QED) is 0.887. The number of nitrogens with one attached hydrogen (secondary N) is 1. The lowest BCUT2D eigenvalue weighted by Crippen LogP contribution is -2.34. The molecule has 0 unspecified atom stereocenters. The predicted molar refractivity (Wildman–Crippen MR) is 79.7 cm³/mol. The molecule has 1 aromatic heterocycles. The summed E-state index contributed by atoms with van der Waals surface area (Å²) < 4.78 is 13.0. The van der Waals surface area contributed by atoms with E-state index < -0.39 is 0 Å². The monoisotopic (exact) mass is 305 g/mol. The number of hydrogen-bond acceptors (Lipinski definition) is 4. The van der Waals surface area contributed by atoms with Gasteiger partial charge in [-0.25, -0.2) is 4.39 Å². The zero-order valence-corrected chi connectivity index (χ0v) is 13.0. The molecule has 0 bridgehead atoms. The van der Waals surface area contributed by atoms with E-state index in [1.54, 1.807) is 24.1 Å². The fraction of sp³-hybridized carbons (Fsp3) is 0.467. The van der Waals surface area contributed by atoms with Crippen molar-refractivity contribution in [2.75, 3.05) is 13.6 Å². The number of carbonyl (C=O) groups excluding carboxylic acids is 1. The number of H-pyrrole nitrogens is 1. The Morgan fingerprint density at radius 2 is 2.05 bits per heavy atom. The van der Waals surface area contributed by atoms with Gasteiger partial charge in [-0.1, -0.05) is 31.2 Å². The van der Waals surface area contributed by atoms with Crippen molar-refractivity contribution < 1.29 is 9.18 Å². The Morgan fingerprint density at radius 1 is 1.36 bits per heavy atom. The van der Waals surface area contributed by atoms with Crippen LogP contribution in [0.4, 0.5) is 4.39 Å². The van der Waals surface area contributed by atoms with Gasteiger partial charge in [0.2, 0.25) is 5.91 Å². The summed E-state index contributed by atoms with van der Waals surface area (Å²) in [6, 6.07) is 6.09. The largest absolute Gasteiger partial charge is 0.345 e. The summed E-state index contributed by atoms with van der Waals surface area (Å²) in [6.45, 7) is 4.38. The molecule has 7 heteroatoms. The summed E-state index contributed by atoms with van der Waals surface area (Å²) in [7, 11) is 1.76. The van der Waals surface area contributed by atoms with E-state index in [9.17, 15) is 9.18 Å². The highest BCUT2D eigenvalue weighted by Gasteiger charge is 2.24. The third-order valence-electron chi connectivity index (χ3n) is 3.71. The van der Waals surface area contributed by atoms with Crippen LogP contribution in [0.5, 0.6) is 0 Å². The molecule has 1 aromatic carbocycles. The van der Waals surface area contributed by atoms with Crippen molar-refractivity contribution in [2.24, 2.45) is 0 Å². The molecule has 1 N–H and O–H groups in total. The summed E-state index contributed by atoms with van der Waals surface area (Å²) in [5, 5.41) is 13.8. The van der Waals surface area contributed by atoms with Crippen LogP contribution in [-0.2, 0) is 4.79 Å². The summed E-state index contributed by atoms with van der Waals surface area (Å²) in [5.74, 6) is -0.00874. The highest BCUT2D eigenvalue weighted by molar-refractivity contribution is 5.83. The summed E-state index contributed by atoms with van der Waals surface area (Å²) in [4.78, 5) is 14.3. The maximum Gasteiger partial charge on any atom is 0.229 e. The standard InChI is InChI=1S/C15H20FN5O/c1-4-13(11-5-7-12(16)8-6-11)15(22)21(3)9-10(2)14-17-19-20-18-14/h5-8,10,13H,4,9H2,1-3H3,(H,17,18,19,20)/t10-,13-/m1/s1. The minimum Gasteiger partial charge on any atom is -0.345 e. The Balaban J connectivity index is 2.05. The number of rotatable bonds is 6. The van der Waals surface area contributed by atoms with Gasteiger partial charge in [0.15, 0.2) is 5.82 Å². The van der Waals surface area contributed by atoms with Crippen LogP contribution >= 0.6 is 0 Å². The van der Waals surface area contributed by atoms with Gasteiger partial charge in [0, 0.05) is 19.5 Å². The SMILES string of the molecule is CC[C@@H](C(=O)N(C)C[C@@H](C)c1nn[nH]n1)c1ccc(F)cc1. The number of hydrogen-bond donors (Lipinski definition) is 1. The molecule has 2 atom stereocenters. The fourth-order valence-electron chi connectivity index (χ4n) is 2.47. The first-order valence-electron chi connectivity index (χ1n) is 7.26. The first-order chi connectivity index (χ1) is 10.5. The third kappa shape index (κ3) is 3.66. The van der Waals surface area contributed by atoms with E-state index in [-0.39, 0.29) is 23.6 Å². The Hall–Kier alpha value is -2.31. The lowest BCUT2D eigenvalue weighted by atomic mass is 9.94. The molecule has 0 spiro atoms. The maximum atomic E-state index is 13.0. The molecule has 0 aliphatic rings. The van der Waals surface area contributed by atoms with Crippen LogP contribution in [0, 0.1) is 5.82 Å². The van der Waals surface area contributed by atoms with E-state index in [1.165, 1.54) is 12.1 Å². The molecule has 0 aliphatic heterocycles. The predicted octanol–water partition coefficient (Wildman–Crippen LogP) is 2.09. The van der Waals surface area contributed by atoms with E-state index in [2.05, 4.69) is 20.6 Å². The molecule has 2 rings (SSSR count). The van der Waals surface area contributed by atoms with Gasteiger partial charge in [0.1, 0.15) is 5.82 Å². The highest BCUT2D eigenvalue weighted by Crippen LogP contribution is 2.23. The molecule has 0 aliphatic carbocycles. The average Bonchev–Trinajstić information content (AvgIpc) is 3.04.